The smallest absolute Gasteiger partial charge is 0.347 e. The number of hydrogen-bond donors (Lipinski definition) is 0. The molecule has 0 spiro atoms. The number of aromatic nitrogens is 1. The summed E-state index contributed by atoms with van der Waals surface area (Å²) in [5.74, 6) is -1.45. The zero-order valence-corrected chi connectivity index (χ0v) is 11.5. The maximum atomic E-state index is 13.5. The van der Waals surface area contributed by atoms with E-state index < -0.39 is 23.0 Å². The van der Waals surface area contributed by atoms with Crippen molar-refractivity contribution in [2.75, 3.05) is 0 Å². The third-order valence-electron chi connectivity index (χ3n) is 3.02. The van der Waals surface area contributed by atoms with Crippen molar-refractivity contribution < 1.29 is 17.6 Å². The highest BCUT2D eigenvalue weighted by Crippen LogP contribution is 2.33. The summed E-state index contributed by atoms with van der Waals surface area (Å²) in [7, 11) is 1.51. The molecule has 2 rings (SSSR count). The van der Waals surface area contributed by atoms with Gasteiger partial charge in [-0.1, -0.05) is 0 Å². The second kappa shape index (κ2) is 4.33. The van der Waals surface area contributed by atoms with Crippen molar-refractivity contribution in [2.24, 2.45) is 7.05 Å². The molecule has 19 heavy (non-hydrogen) atoms. The summed E-state index contributed by atoms with van der Waals surface area (Å²) in [5, 5.41) is -0.0922. The fourth-order valence-corrected chi connectivity index (χ4v) is 2.33. The monoisotopic (exact) mass is 337 g/mol. The van der Waals surface area contributed by atoms with Crippen LogP contribution in [0.4, 0.5) is 17.6 Å². The van der Waals surface area contributed by atoms with Gasteiger partial charge in [-0.05, 0) is 35.0 Å². The first-order valence-corrected chi connectivity index (χ1v) is 5.99. The molecule has 2 nitrogen and oxygen atoms in total. The molecule has 0 aliphatic rings. The van der Waals surface area contributed by atoms with Crippen LogP contribution in [0.25, 0.3) is 10.9 Å². The minimum atomic E-state index is -4.80. The number of aryl methyl sites for hydroxylation is 1. The van der Waals surface area contributed by atoms with Crippen LogP contribution in [-0.4, -0.2) is 4.57 Å². The van der Waals surface area contributed by atoms with Crippen LogP contribution in [0.2, 0.25) is 0 Å². The molecule has 0 fully saturated rings. The number of nitrogens with zero attached hydrogens (tertiary/aromatic N) is 1. The largest absolute Gasteiger partial charge is 0.419 e. The van der Waals surface area contributed by atoms with Gasteiger partial charge in [0.25, 0.3) is 0 Å². The number of rotatable bonds is 0. The van der Waals surface area contributed by atoms with Gasteiger partial charge >= 0.3 is 6.18 Å². The molecule has 2 aromatic rings. The van der Waals surface area contributed by atoms with Crippen molar-refractivity contribution in [1.29, 1.82) is 0 Å². The van der Waals surface area contributed by atoms with Crippen LogP contribution in [0.1, 0.15) is 11.3 Å². The molecule has 0 amide bonds. The maximum absolute atomic E-state index is 13.5. The highest BCUT2D eigenvalue weighted by molar-refractivity contribution is 9.10. The molecule has 1 aromatic carbocycles. The van der Waals surface area contributed by atoms with E-state index in [1.165, 1.54) is 11.6 Å². The van der Waals surface area contributed by atoms with Crippen molar-refractivity contribution >= 4 is 26.8 Å². The predicted octanol–water partition coefficient (Wildman–Crippen LogP) is 3.77. The van der Waals surface area contributed by atoms with Gasteiger partial charge in [-0.3, -0.25) is 4.79 Å². The van der Waals surface area contributed by atoms with E-state index in [2.05, 4.69) is 15.9 Å². The number of fused-ring (bicyclic) bond motifs is 1. The molecule has 0 aliphatic carbocycles. The highest BCUT2D eigenvalue weighted by Gasteiger charge is 2.34. The van der Waals surface area contributed by atoms with E-state index >= 15 is 0 Å². The van der Waals surface area contributed by atoms with Gasteiger partial charge in [0.2, 0.25) is 5.43 Å². The number of hydrogen-bond acceptors (Lipinski definition) is 1. The van der Waals surface area contributed by atoms with Crippen molar-refractivity contribution in [2.45, 2.75) is 13.1 Å². The lowest BCUT2D eigenvalue weighted by atomic mass is 10.1. The fraction of sp³-hybridized carbons (Fsp3) is 0.250. The SMILES string of the molecule is Cc1c(Br)c(=O)c2cc(F)c(C(F)(F)F)cc2n1C. The third-order valence-corrected chi connectivity index (χ3v) is 3.95. The highest BCUT2D eigenvalue weighted by atomic mass is 79.9. The van der Waals surface area contributed by atoms with Gasteiger partial charge in [-0.2, -0.15) is 13.2 Å². The molecular formula is C12H8BrF4NO. The molecule has 0 aliphatic heterocycles. The minimum absolute atomic E-state index is 0.0411. The average molecular weight is 338 g/mol. The Kier molecular flexibility index (Phi) is 3.20. The van der Waals surface area contributed by atoms with E-state index in [1.807, 2.05) is 0 Å². The summed E-state index contributed by atoms with van der Waals surface area (Å²) >= 11 is 3.06. The van der Waals surface area contributed by atoms with Crippen LogP contribution in [0.3, 0.4) is 0 Å². The van der Waals surface area contributed by atoms with Crippen LogP contribution in [0.5, 0.6) is 0 Å². The molecule has 0 radical (unpaired) electrons. The van der Waals surface area contributed by atoms with Crippen molar-refractivity contribution in [3.8, 4) is 0 Å². The normalized spacial score (nSPS) is 12.2. The molecule has 0 unspecified atom stereocenters. The van der Waals surface area contributed by atoms with Crippen LogP contribution < -0.4 is 5.43 Å². The lowest BCUT2D eigenvalue weighted by molar-refractivity contribution is -0.139. The van der Waals surface area contributed by atoms with Gasteiger partial charge in [0.15, 0.2) is 0 Å². The third kappa shape index (κ3) is 2.16. The molecule has 1 aromatic heterocycles. The van der Waals surface area contributed by atoms with E-state index in [0.29, 0.717) is 17.8 Å². The van der Waals surface area contributed by atoms with Gasteiger partial charge in [0.1, 0.15) is 5.82 Å². The summed E-state index contributed by atoms with van der Waals surface area (Å²) in [6.45, 7) is 1.58. The molecule has 0 bridgehead atoms. The van der Waals surface area contributed by atoms with Crippen LogP contribution in [-0.2, 0) is 13.2 Å². The second-order valence-electron chi connectivity index (χ2n) is 4.13. The molecule has 0 saturated carbocycles. The first-order valence-electron chi connectivity index (χ1n) is 5.20. The van der Waals surface area contributed by atoms with Gasteiger partial charge in [-0.15, -0.1) is 0 Å². The zero-order valence-electron chi connectivity index (χ0n) is 9.90. The molecule has 1 heterocycles. The van der Waals surface area contributed by atoms with Crippen molar-refractivity contribution in [3.05, 3.63) is 43.9 Å². The Balaban J connectivity index is 3.00. The fourth-order valence-electron chi connectivity index (χ4n) is 1.85. The quantitative estimate of drug-likeness (QED) is 0.671. The standard InChI is InChI=1S/C12H8BrF4NO/c1-5-10(13)11(19)6-3-8(14)7(12(15,16)17)4-9(6)18(5)2/h3-4H,1-2H3. The maximum Gasteiger partial charge on any atom is 0.419 e. The molecule has 0 saturated heterocycles. The minimum Gasteiger partial charge on any atom is -0.347 e. The Bertz CT molecular complexity index is 733. The summed E-state index contributed by atoms with van der Waals surface area (Å²) in [4.78, 5) is 11.9. The van der Waals surface area contributed by atoms with Gasteiger partial charge in [0, 0.05) is 18.1 Å². The Morgan fingerprint density at radius 1 is 1.26 bits per heavy atom. The molecule has 0 N–H and O–H groups in total. The Hall–Kier alpha value is -1.37. The van der Waals surface area contributed by atoms with E-state index in [9.17, 15) is 22.4 Å². The first-order chi connectivity index (χ1) is 8.64. The number of halogens is 5. The van der Waals surface area contributed by atoms with Gasteiger partial charge < -0.3 is 4.57 Å². The van der Waals surface area contributed by atoms with E-state index in [4.69, 9.17) is 0 Å². The summed E-state index contributed by atoms with van der Waals surface area (Å²) < 4.78 is 53.1. The second-order valence-corrected chi connectivity index (χ2v) is 4.93. The van der Waals surface area contributed by atoms with E-state index in [0.717, 1.165) is 0 Å². The summed E-state index contributed by atoms with van der Waals surface area (Å²) in [6, 6.07) is 1.29. The molecule has 7 heteroatoms. The van der Waals surface area contributed by atoms with Gasteiger partial charge in [-0.25, -0.2) is 4.39 Å². The topological polar surface area (TPSA) is 22.0 Å². The average Bonchev–Trinajstić information content (AvgIpc) is 2.31. The molecular weight excluding hydrogens is 330 g/mol. The van der Waals surface area contributed by atoms with Crippen molar-refractivity contribution in [1.82, 2.24) is 4.57 Å². The summed E-state index contributed by atoms with van der Waals surface area (Å²) in [5.41, 5.74) is -1.40. The first kappa shape index (κ1) is 14.0. The number of benzene rings is 1. The lowest BCUT2D eigenvalue weighted by Gasteiger charge is -2.14. The zero-order chi connectivity index (χ0) is 14.5. The van der Waals surface area contributed by atoms with E-state index in [-0.39, 0.29) is 15.4 Å². The number of pyridine rings is 1. The predicted molar refractivity (Wildman–Crippen MR) is 66.6 cm³/mol. The van der Waals surface area contributed by atoms with E-state index in [1.54, 1.807) is 6.92 Å². The van der Waals surface area contributed by atoms with Crippen LogP contribution in [0, 0.1) is 12.7 Å². The number of alkyl halides is 3. The van der Waals surface area contributed by atoms with Crippen LogP contribution in [0.15, 0.2) is 21.4 Å². The Morgan fingerprint density at radius 3 is 2.37 bits per heavy atom. The van der Waals surface area contributed by atoms with Crippen LogP contribution >= 0.6 is 15.9 Å². The summed E-state index contributed by atoms with van der Waals surface area (Å²) in [6.07, 6.45) is -4.80. The molecule has 102 valence electrons. The van der Waals surface area contributed by atoms with Gasteiger partial charge in [0.05, 0.1) is 15.6 Å². The Morgan fingerprint density at radius 2 is 1.84 bits per heavy atom. The van der Waals surface area contributed by atoms with Crippen molar-refractivity contribution in [3.63, 3.8) is 0 Å². The lowest BCUT2D eigenvalue weighted by Crippen LogP contribution is -2.15. The Labute approximate surface area is 113 Å². The molecule has 0 atom stereocenters.